The van der Waals surface area contributed by atoms with E-state index in [2.05, 4.69) is 31.1 Å². The second-order valence-electron chi connectivity index (χ2n) is 9.65. The Labute approximate surface area is 236 Å². The van der Waals surface area contributed by atoms with Crippen molar-refractivity contribution in [3.8, 4) is 5.75 Å². The Morgan fingerprint density at radius 3 is 2.65 bits per heavy atom. The van der Waals surface area contributed by atoms with Crippen LogP contribution in [0.25, 0.3) is 0 Å². The molecular formula is C26H30BrClN4O3S2. The van der Waals surface area contributed by atoms with Gasteiger partial charge in [-0.2, -0.15) is 0 Å². The number of sulfonamides is 1. The lowest BCUT2D eigenvalue weighted by atomic mass is 9.94. The lowest BCUT2D eigenvalue weighted by Gasteiger charge is -2.33. The highest BCUT2D eigenvalue weighted by atomic mass is 79.9. The molecule has 0 radical (unpaired) electrons. The molecule has 2 aliphatic heterocycles. The number of nitrogens with one attached hydrogen (secondary N) is 1. The molecule has 7 nitrogen and oxygen atoms in total. The number of halogens is 2. The first-order chi connectivity index (χ1) is 17.7. The highest BCUT2D eigenvalue weighted by Crippen LogP contribution is 2.41. The van der Waals surface area contributed by atoms with E-state index in [-0.39, 0.29) is 17.0 Å². The molecule has 1 N–H and O–H groups in total. The van der Waals surface area contributed by atoms with Gasteiger partial charge in [0.05, 0.1) is 24.4 Å². The molecule has 0 amide bonds. The van der Waals surface area contributed by atoms with E-state index in [9.17, 15) is 8.42 Å². The van der Waals surface area contributed by atoms with E-state index in [4.69, 9.17) is 16.3 Å². The van der Waals surface area contributed by atoms with Crippen LogP contribution in [0.2, 0.25) is 5.02 Å². The predicted octanol–water partition coefficient (Wildman–Crippen LogP) is 6.31. The van der Waals surface area contributed by atoms with Gasteiger partial charge < -0.3 is 10.1 Å². The van der Waals surface area contributed by atoms with Gasteiger partial charge in [-0.3, -0.25) is 4.90 Å². The number of rotatable bonds is 9. The van der Waals surface area contributed by atoms with E-state index in [1.54, 1.807) is 24.8 Å². The Kier molecular flexibility index (Phi) is 7.75. The molecule has 2 aliphatic rings. The fourth-order valence-electron chi connectivity index (χ4n) is 5.48. The molecule has 11 heteroatoms. The molecule has 198 valence electrons. The van der Waals surface area contributed by atoms with Crippen molar-refractivity contribution in [2.75, 3.05) is 36.4 Å². The van der Waals surface area contributed by atoms with Crippen LogP contribution in [0.1, 0.15) is 36.8 Å². The largest absolute Gasteiger partial charge is 0.497 e. The molecule has 0 aliphatic carbocycles. The Hall–Kier alpha value is -1.85. The predicted molar refractivity (Wildman–Crippen MR) is 154 cm³/mol. The first-order valence-electron chi connectivity index (χ1n) is 12.3. The summed E-state index contributed by atoms with van der Waals surface area (Å²) in [5, 5.41) is 6.05. The zero-order chi connectivity index (χ0) is 26.2. The highest BCUT2D eigenvalue weighted by Gasteiger charge is 2.44. The van der Waals surface area contributed by atoms with Crippen molar-refractivity contribution in [3.05, 3.63) is 62.5 Å². The molecule has 2 fully saturated rings. The lowest BCUT2D eigenvalue weighted by molar-refractivity contribution is 0.209. The second-order valence-corrected chi connectivity index (χ2v) is 13.6. The Morgan fingerprint density at radius 1 is 1.24 bits per heavy atom. The Balaban J connectivity index is 1.44. The van der Waals surface area contributed by atoms with Crippen LogP contribution < -0.4 is 14.4 Å². The number of hydrogen-bond donors (Lipinski definition) is 1. The minimum atomic E-state index is -3.99. The average molecular weight is 626 g/mol. The van der Waals surface area contributed by atoms with Crippen LogP contribution in [-0.4, -0.2) is 50.6 Å². The highest BCUT2D eigenvalue weighted by molar-refractivity contribution is 9.10. The van der Waals surface area contributed by atoms with Crippen LogP contribution in [0.15, 0.2) is 51.3 Å². The van der Waals surface area contributed by atoms with Crippen LogP contribution in [0.4, 0.5) is 10.8 Å². The zero-order valence-corrected chi connectivity index (χ0v) is 24.8. The number of ether oxygens (including phenoxy) is 1. The third kappa shape index (κ3) is 5.23. The molecule has 0 atom stereocenters. The summed E-state index contributed by atoms with van der Waals surface area (Å²) >= 11 is 11.5. The van der Waals surface area contributed by atoms with Gasteiger partial charge in [0.2, 0.25) is 0 Å². The van der Waals surface area contributed by atoms with Gasteiger partial charge >= 0.3 is 0 Å². The van der Waals surface area contributed by atoms with Gasteiger partial charge in [-0.1, -0.05) is 17.7 Å². The van der Waals surface area contributed by atoms with Gasteiger partial charge in [0.25, 0.3) is 10.0 Å². The van der Waals surface area contributed by atoms with E-state index >= 15 is 0 Å². The number of nitrogens with zero attached hydrogens (tertiary/aromatic N) is 3. The maximum Gasteiger partial charge on any atom is 0.267 e. The Morgan fingerprint density at radius 2 is 2.00 bits per heavy atom. The molecule has 1 aromatic heterocycles. The minimum absolute atomic E-state index is 0.103. The topological polar surface area (TPSA) is 74.8 Å². The van der Waals surface area contributed by atoms with E-state index < -0.39 is 10.0 Å². The third-order valence-electron chi connectivity index (χ3n) is 7.51. The first kappa shape index (κ1) is 26.7. The van der Waals surface area contributed by atoms with Crippen LogP contribution in [0.3, 0.4) is 0 Å². The fourth-order valence-corrected chi connectivity index (χ4v) is 9.07. The van der Waals surface area contributed by atoms with Crippen molar-refractivity contribution < 1.29 is 13.2 Å². The molecule has 0 saturated carbocycles. The number of fused-ring (bicyclic) bond motifs is 1. The maximum atomic E-state index is 14.0. The zero-order valence-electron chi connectivity index (χ0n) is 20.8. The monoisotopic (exact) mass is 624 g/mol. The van der Waals surface area contributed by atoms with Crippen LogP contribution in [-0.2, 0) is 16.6 Å². The standard InChI is InChI=1S/C26H30BrClN4O3S2/c1-18-13-20(35-2)6-5-19(18)16-32(25-29-9-12-36-25)37(33,34)24-15-22(28)23(14-21(24)27)30-17-26-7-3-10-31(26)11-4-8-26/h5-6,9,12-15,30H,3-4,7-8,10-11,16-17H2,1-2H3. The normalized spacial score (nSPS) is 17.1. The number of benzene rings is 2. The van der Waals surface area contributed by atoms with Gasteiger partial charge in [-0.05, 0) is 97.0 Å². The molecular weight excluding hydrogens is 596 g/mol. The lowest BCUT2D eigenvalue weighted by Crippen LogP contribution is -2.44. The number of aromatic nitrogens is 1. The van der Waals surface area contributed by atoms with Crippen molar-refractivity contribution in [2.45, 2.75) is 49.6 Å². The molecule has 3 aromatic rings. The summed E-state index contributed by atoms with van der Waals surface area (Å²) in [5.74, 6) is 0.723. The van der Waals surface area contributed by atoms with Crippen LogP contribution in [0.5, 0.6) is 5.75 Å². The van der Waals surface area contributed by atoms with Gasteiger partial charge in [-0.15, -0.1) is 11.3 Å². The summed E-state index contributed by atoms with van der Waals surface area (Å²) < 4.78 is 35.1. The fraction of sp³-hybridized carbons (Fsp3) is 0.423. The summed E-state index contributed by atoms with van der Waals surface area (Å²) in [4.78, 5) is 7.00. The average Bonchev–Trinajstić information content (AvgIpc) is 3.61. The SMILES string of the molecule is COc1ccc(CN(c2nccs2)S(=O)(=O)c2cc(Cl)c(NCC34CCCN3CCC4)cc2Br)c(C)c1. The molecule has 37 heavy (non-hydrogen) atoms. The van der Waals surface area contributed by atoms with Crippen molar-refractivity contribution >= 4 is 59.7 Å². The van der Waals surface area contributed by atoms with E-state index in [1.807, 2.05) is 25.1 Å². The number of methoxy groups -OCH3 is 1. The summed E-state index contributed by atoms with van der Waals surface area (Å²) in [6, 6.07) is 8.92. The van der Waals surface area contributed by atoms with E-state index in [1.165, 1.54) is 47.4 Å². The molecule has 0 spiro atoms. The molecule has 2 saturated heterocycles. The molecule has 0 bridgehead atoms. The number of aryl methyl sites for hydroxylation is 1. The first-order valence-corrected chi connectivity index (χ1v) is 15.8. The Bertz CT molecular complexity index is 1370. The molecule has 5 rings (SSSR count). The number of thiazole rings is 1. The molecule has 2 aromatic carbocycles. The van der Waals surface area contributed by atoms with Gasteiger partial charge in [0, 0.05) is 28.1 Å². The van der Waals surface area contributed by atoms with Crippen LogP contribution in [0, 0.1) is 6.92 Å². The minimum Gasteiger partial charge on any atom is -0.497 e. The molecule has 0 unspecified atom stereocenters. The smallest absolute Gasteiger partial charge is 0.267 e. The summed E-state index contributed by atoms with van der Waals surface area (Å²) in [5.41, 5.74) is 2.70. The second kappa shape index (κ2) is 10.7. The number of hydrogen-bond acceptors (Lipinski definition) is 7. The van der Waals surface area contributed by atoms with Gasteiger partial charge in [-0.25, -0.2) is 17.7 Å². The molecule has 3 heterocycles. The van der Waals surface area contributed by atoms with Crippen molar-refractivity contribution in [1.82, 2.24) is 9.88 Å². The summed E-state index contributed by atoms with van der Waals surface area (Å²) in [6.45, 7) is 5.17. The summed E-state index contributed by atoms with van der Waals surface area (Å²) in [6.07, 6.45) is 6.40. The third-order valence-corrected chi connectivity index (χ3v) is 11.4. The van der Waals surface area contributed by atoms with Crippen LogP contribution >= 0.6 is 38.9 Å². The van der Waals surface area contributed by atoms with Crippen molar-refractivity contribution in [3.63, 3.8) is 0 Å². The van der Waals surface area contributed by atoms with Gasteiger partial charge in [0.15, 0.2) is 5.13 Å². The summed E-state index contributed by atoms with van der Waals surface area (Å²) in [7, 11) is -2.38. The van der Waals surface area contributed by atoms with E-state index in [0.717, 1.165) is 42.2 Å². The quantitative estimate of drug-likeness (QED) is 0.300. The van der Waals surface area contributed by atoms with Crippen molar-refractivity contribution in [1.29, 1.82) is 0 Å². The van der Waals surface area contributed by atoms with E-state index in [0.29, 0.717) is 14.6 Å². The maximum absolute atomic E-state index is 14.0. The van der Waals surface area contributed by atoms with Gasteiger partial charge in [0.1, 0.15) is 10.6 Å². The number of anilines is 2. The van der Waals surface area contributed by atoms with Crippen molar-refractivity contribution in [2.24, 2.45) is 0 Å².